The second kappa shape index (κ2) is 8.28. The topological polar surface area (TPSA) is 125 Å². The number of carbonyl (C=O) groups is 3. The van der Waals surface area contributed by atoms with E-state index in [1.807, 2.05) is 0 Å². The van der Waals surface area contributed by atoms with Crippen LogP contribution in [0.2, 0.25) is 5.02 Å². The van der Waals surface area contributed by atoms with Gasteiger partial charge in [-0.3, -0.25) is 14.9 Å². The van der Waals surface area contributed by atoms with Crippen molar-refractivity contribution in [2.45, 2.75) is 0 Å². The third-order valence-electron chi connectivity index (χ3n) is 3.50. The van der Waals surface area contributed by atoms with Gasteiger partial charge in [-0.25, -0.2) is 9.59 Å². The molecule has 0 bridgehead atoms. The number of methoxy groups -OCH3 is 2. The van der Waals surface area contributed by atoms with E-state index >= 15 is 0 Å². The molecule has 1 N–H and O–H groups in total. The largest absolute Gasteiger partial charge is 0.465 e. The van der Waals surface area contributed by atoms with Gasteiger partial charge in [0.25, 0.3) is 11.6 Å². The van der Waals surface area contributed by atoms with Crippen molar-refractivity contribution in [3.8, 4) is 0 Å². The van der Waals surface area contributed by atoms with E-state index in [9.17, 15) is 24.5 Å². The van der Waals surface area contributed by atoms with Crippen molar-refractivity contribution in [3.63, 3.8) is 0 Å². The lowest BCUT2D eigenvalue weighted by Crippen LogP contribution is -2.17. The maximum atomic E-state index is 12.5. The fourth-order valence-electron chi connectivity index (χ4n) is 2.17. The van der Waals surface area contributed by atoms with Crippen LogP contribution in [0.5, 0.6) is 0 Å². The molecule has 0 aliphatic carbocycles. The number of nitrogens with one attached hydrogen (secondary N) is 1. The number of carbonyl (C=O) groups excluding carboxylic acids is 3. The number of halogens is 1. The van der Waals surface area contributed by atoms with E-state index in [1.54, 1.807) is 0 Å². The quantitative estimate of drug-likeness (QED) is 0.470. The van der Waals surface area contributed by atoms with Gasteiger partial charge in [0.1, 0.15) is 0 Å². The zero-order valence-corrected chi connectivity index (χ0v) is 14.9. The van der Waals surface area contributed by atoms with Crippen LogP contribution < -0.4 is 5.32 Å². The molecule has 0 radical (unpaired) electrons. The zero-order chi connectivity index (χ0) is 20.1. The third kappa shape index (κ3) is 4.39. The highest BCUT2D eigenvalue weighted by atomic mass is 35.5. The Morgan fingerprint density at radius 2 is 1.63 bits per heavy atom. The van der Waals surface area contributed by atoms with Crippen molar-refractivity contribution < 1.29 is 28.8 Å². The summed E-state index contributed by atoms with van der Waals surface area (Å²) >= 11 is 5.94. The van der Waals surface area contributed by atoms with E-state index in [1.165, 1.54) is 31.4 Å². The Labute approximate surface area is 158 Å². The minimum atomic E-state index is -0.739. The van der Waals surface area contributed by atoms with Gasteiger partial charge in [-0.05, 0) is 24.3 Å². The van der Waals surface area contributed by atoms with Crippen LogP contribution in [0.3, 0.4) is 0 Å². The number of ether oxygens (including phenoxy) is 2. The normalized spacial score (nSPS) is 10.0. The lowest BCUT2D eigenvalue weighted by atomic mass is 10.1. The van der Waals surface area contributed by atoms with Crippen LogP contribution >= 0.6 is 11.6 Å². The van der Waals surface area contributed by atoms with Crippen LogP contribution in [-0.4, -0.2) is 37.0 Å². The van der Waals surface area contributed by atoms with Crippen molar-refractivity contribution in [1.29, 1.82) is 0 Å². The Morgan fingerprint density at radius 1 is 1.00 bits per heavy atom. The van der Waals surface area contributed by atoms with Gasteiger partial charge >= 0.3 is 11.9 Å². The van der Waals surface area contributed by atoms with Crippen molar-refractivity contribution in [2.75, 3.05) is 19.5 Å². The molecular weight excluding hydrogens is 380 g/mol. The summed E-state index contributed by atoms with van der Waals surface area (Å²) in [6.45, 7) is 0. The van der Waals surface area contributed by atoms with Gasteiger partial charge in [0.2, 0.25) is 0 Å². The molecule has 0 fully saturated rings. The molecule has 0 aliphatic rings. The van der Waals surface area contributed by atoms with Gasteiger partial charge in [0.05, 0.1) is 46.5 Å². The van der Waals surface area contributed by atoms with Gasteiger partial charge in [-0.2, -0.15) is 0 Å². The lowest BCUT2D eigenvalue weighted by Gasteiger charge is -2.12. The number of esters is 2. The summed E-state index contributed by atoms with van der Waals surface area (Å²) < 4.78 is 9.26. The van der Waals surface area contributed by atoms with E-state index in [2.05, 4.69) is 14.8 Å². The molecule has 0 saturated carbocycles. The summed E-state index contributed by atoms with van der Waals surface area (Å²) in [5.74, 6) is -2.14. The molecule has 27 heavy (non-hydrogen) atoms. The minimum Gasteiger partial charge on any atom is -0.465 e. The molecule has 0 saturated heterocycles. The van der Waals surface area contributed by atoms with Crippen LogP contribution in [0.4, 0.5) is 11.4 Å². The molecule has 0 heterocycles. The standard InChI is InChI=1S/C17H13ClN2O7/c1-26-16(22)9-3-5-12(17(23)27-2)14(7-9)19-15(21)11-6-4-10(20(24)25)8-13(11)18/h3-8H,1-2H3,(H,19,21). The molecule has 0 atom stereocenters. The molecule has 0 unspecified atom stereocenters. The Balaban J connectivity index is 2.42. The summed E-state index contributed by atoms with van der Waals surface area (Å²) in [6.07, 6.45) is 0. The first-order chi connectivity index (χ1) is 12.8. The van der Waals surface area contributed by atoms with Crippen LogP contribution in [0.15, 0.2) is 36.4 Å². The molecule has 1 amide bonds. The number of hydrogen-bond acceptors (Lipinski definition) is 7. The van der Waals surface area contributed by atoms with E-state index < -0.39 is 22.8 Å². The highest BCUT2D eigenvalue weighted by Crippen LogP contribution is 2.25. The molecule has 140 valence electrons. The molecule has 10 heteroatoms. The van der Waals surface area contributed by atoms with E-state index in [-0.39, 0.29) is 33.1 Å². The summed E-state index contributed by atoms with van der Waals surface area (Å²) in [4.78, 5) is 46.2. The number of amides is 1. The van der Waals surface area contributed by atoms with Crippen LogP contribution in [0, 0.1) is 10.1 Å². The number of non-ortho nitro benzene ring substituents is 1. The van der Waals surface area contributed by atoms with Crippen molar-refractivity contribution >= 4 is 40.8 Å². The molecule has 2 aromatic carbocycles. The van der Waals surface area contributed by atoms with E-state index in [4.69, 9.17) is 11.6 Å². The predicted molar refractivity (Wildman–Crippen MR) is 95.2 cm³/mol. The second-order valence-corrected chi connectivity index (χ2v) is 5.53. The van der Waals surface area contributed by atoms with E-state index in [0.29, 0.717) is 0 Å². The maximum absolute atomic E-state index is 12.5. The average Bonchev–Trinajstić information content (AvgIpc) is 2.66. The minimum absolute atomic E-state index is 0.00321. The zero-order valence-electron chi connectivity index (χ0n) is 14.1. The van der Waals surface area contributed by atoms with Gasteiger partial charge in [-0.1, -0.05) is 11.6 Å². The van der Waals surface area contributed by atoms with Crippen LogP contribution in [0.1, 0.15) is 31.1 Å². The predicted octanol–water partition coefficient (Wildman–Crippen LogP) is 3.07. The molecule has 0 aromatic heterocycles. The monoisotopic (exact) mass is 392 g/mol. The molecule has 9 nitrogen and oxygen atoms in total. The highest BCUT2D eigenvalue weighted by molar-refractivity contribution is 6.34. The van der Waals surface area contributed by atoms with Crippen molar-refractivity contribution in [3.05, 3.63) is 68.2 Å². The van der Waals surface area contributed by atoms with Gasteiger partial charge in [-0.15, -0.1) is 0 Å². The number of anilines is 1. The number of nitro groups is 1. The summed E-state index contributed by atoms with van der Waals surface area (Å²) in [7, 11) is 2.35. The van der Waals surface area contributed by atoms with Gasteiger partial charge < -0.3 is 14.8 Å². The Hall–Kier alpha value is -3.46. The number of nitro benzene ring substituents is 1. The first-order valence-electron chi connectivity index (χ1n) is 7.34. The molecule has 2 rings (SSSR count). The van der Waals surface area contributed by atoms with Crippen LogP contribution in [0.25, 0.3) is 0 Å². The number of nitrogens with zero attached hydrogens (tertiary/aromatic N) is 1. The summed E-state index contributed by atoms with van der Waals surface area (Å²) in [5.41, 5.74) is -0.253. The summed E-state index contributed by atoms with van der Waals surface area (Å²) in [6, 6.07) is 7.21. The first kappa shape index (κ1) is 19.9. The van der Waals surface area contributed by atoms with Gasteiger partial charge in [0.15, 0.2) is 0 Å². The van der Waals surface area contributed by atoms with Crippen LogP contribution in [-0.2, 0) is 9.47 Å². The number of hydrogen-bond donors (Lipinski definition) is 1. The SMILES string of the molecule is COC(=O)c1ccc(C(=O)OC)c(NC(=O)c2ccc([N+](=O)[O-])cc2Cl)c1. The maximum Gasteiger partial charge on any atom is 0.339 e. The number of benzene rings is 2. The van der Waals surface area contributed by atoms with Crippen molar-refractivity contribution in [2.24, 2.45) is 0 Å². The highest BCUT2D eigenvalue weighted by Gasteiger charge is 2.20. The fourth-order valence-corrected chi connectivity index (χ4v) is 2.43. The first-order valence-corrected chi connectivity index (χ1v) is 7.72. The number of rotatable bonds is 5. The summed E-state index contributed by atoms with van der Waals surface area (Å²) in [5, 5.41) is 13.1. The Kier molecular flexibility index (Phi) is 6.09. The fraction of sp³-hybridized carbons (Fsp3) is 0.118. The molecular formula is C17H13ClN2O7. The molecule has 0 spiro atoms. The van der Waals surface area contributed by atoms with Gasteiger partial charge in [0, 0.05) is 12.1 Å². The van der Waals surface area contributed by atoms with E-state index in [0.717, 1.165) is 19.2 Å². The molecule has 2 aromatic rings. The lowest BCUT2D eigenvalue weighted by molar-refractivity contribution is -0.384. The third-order valence-corrected chi connectivity index (χ3v) is 3.81. The average molecular weight is 393 g/mol. The molecule has 0 aliphatic heterocycles. The Morgan fingerprint density at radius 3 is 2.19 bits per heavy atom. The second-order valence-electron chi connectivity index (χ2n) is 5.12. The Bertz CT molecular complexity index is 943. The van der Waals surface area contributed by atoms with Crippen molar-refractivity contribution in [1.82, 2.24) is 0 Å². The smallest absolute Gasteiger partial charge is 0.339 e.